The first-order valence-electron chi connectivity index (χ1n) is 4.71. The van der Waals surface area contributed by atoms with E-state index in [-0.39, 0.29) is 11.8 Å². The Morgan fingerprint density at radius 3 is 2.73 bits per heavy atom. The summed E-state index contributed by atoms with van der Waals surface area (Å²) in [5.74, 6) is 0.131. The molecule has 0 saturated heterocycles. The van der Waals surface area contributed by atoms with Crippen molar-refractivity contribution in [2.24, 2.45) is 10.9 Å². The highest BCUT2D eigenvalue weighted by molar-refractivity contribution is 6.29. The molecule has 0 N–H and O–H groups in total. The minimum atomic E-state index is -4.27. The first kappa shape index (κ1) is 12.8. The standard InChI is InChI=1S/C9H13ClF3NO/c1-6-7(4-10)14-3-2-8(6)15-5-9(11,12)13/h6,8H,2-5H2,1H3. The Balaban J connectivity index is 2.47. The molecule has 0 aromatic heterocycles. The van der Waals surface area contributed by atoms with Gasteiger partial charge in [0.25, 0.3) is 0 Å². The molecule has 2 unspecified atom stereocenters. The number of hydrogen-bond acceptors (Lipinski definition) is 2. The number of aliphatic imine (C=N–C) groups is 1. The van der Waals surface area contributed by atoms with Crippen LogP contribution in [0.15, 0.2) is 4.99 Å². The van der Waals surface area contributed by atoms with E-state index >= 15 is 0 Å². The number of hydrogen-bond donors (Lipinski definition) is 0. The third kappa shape index (κ3) is 3.99. The molecular weight excluding hydrogens is 231 g/mol. The number of nitrogens with zero attached hydrogens (tertiary/aromatic N) is 1. The summed E-state index contributed by atoms with van der Waals surface area (Å²) in [6.07, 6.45) is -4.16. The summed E-state index contributed by atoms with van der Waals surface area (Å²) < 4.78 is 40.6. The van der Waals surface area contributed by atoms with Gasteiger partial charge in [-0.05, 0) is 6.42 Å². The van der Waals surface area contributed by atoms with Gasteiger partial charge < -0.3 is 4.74 Å². The molecular formula is C9H13ClF3NO. The van der Waals surface area contributed by atoms with Crippen LogP contribution in [0.25, 0.3) is 0 Å². The smallest absolute Gasteiger partial charge is 0.368 e. The van der Waals surface area contributed by atoms with Gasteiger partial charge in [-0.25, -0.2) is 0 Å². The molecule has 0 amide bonds. The molecule has 0 aromatic rings. The second kappa shape index (κ2) is 5.16. The van der Waals surface area contributed by atoms with Gasteiger partial charge >= 0.3 is 6.18 Å². The zero-order chi connectivity index (χ0) is 11.5. The molecule has 0 aliphatic carbocycles. The van der Waals surface area contributed by atoms with Crippen molar-refractivity contribution in [1.82, 2.24) is 0 Å². The largest absolute Gasteiger partial charge is 0.411 e. The van der Waals surface area contributed by atoms with Crippen LogP contribution in [0.4, 0.5) is 13.2 Å². The molecule has 1 rings (SSSR count). The summed E-state index contributed by atoms with van der Waals surface area (Å²) in [7, 11) is 0. The third-order valence-electron chi connectivity index (χ3n) is 2.41. The topological polar surface area (TPSA) is 21.6 Å². The summed E-state index contributed by atoms with van der Waals surface area (Å²) >= 11 is 5.62. The highest BCUT2D eigenvalue weighted by Gasteiger charge is 2.32. The third-order valence-corrected chi connectivity index (χ3v) is 2.68. The molecule has 0 fully saturated rings. The van der Waals surface area contributed by atoms with Crippen LogP contribution in [0.5, 0.6) is 0 Å². The summed E-state index contributed by atoms with van der Waals surface area (Å²) in [5.41, 5.74) is 0.732. The Hall–Kier alpha value is -0.290. The van der Waals surface area contributed by atoms with Gasteiger partial charge in [0.05, 0.1) is 12.0 Å². The van der Waals surface area contributed by atoms with E-state index < -0.39 is 18.9 Å². The van der Waals surface area contributed by atoms with Crippen molar-refractivity contribution in [2.45, 2.75) is 25.6 Å². The van der Waals surface area contributed by atoms with E-state index in [2.05, 4.69) is 4.99 Å². The zero-order valence-corrected chi connectivity index (χ0v) is 9.11. The molecule has 2 atom stereocenters. The average molecular weight is 244 g/mol. The Kier molecular flexibility index (Phi) is 4.40. The quantitative estimate of drug-likeness (QED) is 0.699. The van der Waals surface area contributed by atoms with Crippen LogP contribution < -0.4 is 0 Å². The van der Waals surface area contributed by atoms with Gasteiger partial charge in [-0.1, -0.05) is 6.92 Å². The van der Waals surface area contributed by atoms with Crippen LogP contribution in [-0.4, -0.2) is 37.0 Å². The molecule has 2 nitrogen and oxygen atoms in total. The van der Waals surface area contributed by atoms with Gasteiger partial charge in [-0.3, -0.25) is 4.99 Å². The van der Waals surface area contributed by atoms with Crippen molar-refractivity contribution in [3.8, 4) is 0 Å². The van der Waals surface area contributed by atoms with Crippen molar-refractivity contribution >= 4 is 17.3 Å². The molecule has 15 heavy (non-hydrogen) atoms. The Bertz CT molecular complexity index is 242. The van der Waals surface area contributed by atoms with E-state index in [1.807, 2.05) is 0 Å². The fourth-order valence-electron chi connectivity index (χ4n) is 1.54. The van der Waals surface area contributed by atoms with Gasteiger partial charge in [-0.2, -0.15) is 13.2 Å². The lowest BCUT2D eigenvalue weighted by Gasteiger charge is -2.28. The maximum atomic E-state index is 11.9. The van der Waals surface area contributed by atoms with Crippen LogP contribution in [0.2, 0.25) is 0 Å². The van der Waals surface area contributed by atoms with Crippen molar-refractivity contribution in [3.63, 3.8) is 0 Å². The molecule has 0 spiro atoms. The molecule has 1 aliphatic rings. The molecule has 0 aromatic carbocycles. The first-order valence-corrected chi connectivity index (χ1v) is 5.25. The van der Waals surface area contributed by atoms with E-state index in [1.165, 1.54) is 0 Å². The summed E-state index contributed by atoms with van der Waals surface area (Å²) in [4.78, 5) is 4.15. The van der Waals surface area contributed by atoms with Crippen LogP contribution in [0.3, 0.4) is 0 Å². The fourth-order valence-corrected chi connectivity index (χ4v) is 1.87. The Morgan fingerprint density at radius 1 is 1.53 bits per heavy atom. The lowest BCUT2D eigenvalue weighted by molar-refractivity contribution is -0.188. The van der Waals surface area contributed by atoms with Crippen molar-refractivity contribution < 1.29 is 17.9 Å². The zero-order valence-electron chi connectivity index (χ0n) is 8.35. The molecule has 0 bridgehead atoms. The highest BCUT2D eigenvalue weighted by Crippen LogP contribution is 2.23. The Morgan fingerprint density at radius 2 is 2.20 bits per heavy atom. The predicted octanol–water partition coefficient (Wildman–Crippen LogP) is 2.65. The number of rotatable bonds is 3. The fraction of sp³-hybridized carbons (Fsp3) is 0.889. The maximum Gasteiger partial charge on any atom is 0.411 e. The van der Waals surface area contributed by atoms with Gasteiger partial charge in [0.2, 0.25) is 0 Å². The summed E-state index contributed by atoms with van der Waals surface area (Å²) in [5, 5.41) is 0. The summed E-state index contributed by atoms with van der Waals surface area (Å²) in [6, 6.07) is 0. The highest BCUT2D eigenvalue weighted by atomic mass is 35.5. The van der Waals surface area contributed by atoms with Crippen molar-refractivity contribution in [3.05, 3.63) is 0 Å². The van der Waals surface area contributed by atoms with E-state index in [0.29, 0.717) is 13.0 Å². The van der Waals surface area contributed by atoms with Crippen LogP contribution >= 0.6 is 11.6 Å². The second-order valence-corrected chi connectivity index (χ2v) is 3.82. The number of halogens is 4. The average Bonchev–Trinajstić information content (AvgIpc) is 2.15. The second-order valence-electron chi connectivity index (χ2n) is 3.55. The van der Waals surface area contributed by atoms with Crippen LogP contribution in [0.1, 0.15) is 13.3 Å². The summed E-state index contributed by atoms with van der Waals surface area (Å²) in [6.45, 7) is 1.09. The van der Waals surface area contributed by atoms with Gasteiger partial charge in [0.15, 0.2) is 0 Å². The predicted molar refractivity (Wildman–Crippen MR) is 52.6 cm³/mol. The molecule has 6 heteroatoms. The lowest BCUT2D eigenvalue weighted by Crippen LogP contribution is -2.36. The van der Waals surface area contributed by atoms with Crippen molar-refractivity contribution in [2.75, 3.05) is 19.0 Å². The minimum Gasteiger partial charge on any atom is -0.368 e. The normalized spacial score (nSPS) is 27.7. The maximum absolute atomic E-state index is 11.9. The monoisotopic (exact) mass is 243 g/mol. The van der Waals surface area contributed by atoms with Gasteiger partial charge in [0, 0.05) is 18.2 Å². The molecule has 1 aliphatic heterocycles. The molecule has 0 radical (unpaired) electrons. The van der Waals surface area contributed by atoms with Crippen LogP contribution in [0, 0.1) is 5.92 Å². The Labute approximate surface area is 91.5 Å². The van der Waals surface area contributed by atoms with E-state index in [0.717, 1.165) is 5.71 Å². The molecule has 88 valence electrons. The number of alkyl halides is 4. The van der Waals surface area contributed by atoms with E-state index in [9.17, 15) is 13.2 Å². The first-order chi connectivity index (χ1) is 6.94. The van der Waals surface area contributed by atoms with Crippen molar-refractivity contribution in [1.29, 1.82) is 0 Å². The van der Waals surface area contributed by atoms with Gasteiger partial charge in [0.1, 0.15) is 6.61 Å². The van der Waals surface area contributed by atoms with E-state index in [1.54, 1.807) is 6.92 Å². The number of ether oxygens (including phenoxy) is 1. The van der Waals surface area contributed by atoms with Gasteiger partial charge in [-0.15, -0.1) is 11.6 Å². The van der Waals surface area contributed by atoms with E-state index in [4.69, 9.17) is 16.3 Å². The molecule has 0 saturated carbocycles. The molecule has 1 heterocycles. The lowest BCUT2D eigenvalue weighted by atomic mass is 9.94. The SMILES string of the molecule is CC1C(CCl)=NCCC1OCC(F)(F)F. The van der Waals surface area contributed by atoms with Crippen LogP contribution in [-0.2, 0) is 4.74 Å². The minimum absolute atomic E-state index is 0.126.